The summed E-state index contributed by atoms with van der Waals surface area (Å²) in [6, 6.07) is 16.1. The fourth-order valence-electron chi connectivity index (χ4n) is 5.88. The van der Waals surface area contributed by atoms with Crippen LogP contribution in [0.3, 0.4) is 0 Å². The fourth-order valence-corrected chi connectivity index (χ4v) is 7.60. The summed E-state index contributed by atoms with van der Waals surface area (Å²) in [7, 11) is -2.39. The van der Waals surface area contributed by atoms with Gasteiger partial charge in [0, 0.05) is 32.2 Å². The van der Waals surface area contributed by atoms with E-state index in [0.717, 1.165) is 26.1 Å². The molecule has 2 aromatic rings. The molecule has 218 valence electrons. The van der Waals surface area contributed by atoms with Gasteiger partial charge >= 0.3 is 0 Å². The van der Waals surface area contributed by atoms with Gasteiger partial charge in [0.25, 0.3) is 0 Å². The van der Waals surface area contributed by atoms with E-state index in [-0.39, 0.29) is 49.1 Å². The van der Waals surface area contributed by atoms with Crippen LogP contribution in [0.15, 0.2) is 59.5 Å². The summed E-state index contributed by atoms with van der Waals surface area (Å²) in [5.74, 6) is 0.501. The van der Waals surface area contributed by atoms with Crippen LogP contribution in [0.4, 0.5) is 0 Å². The molecule has 2 aromatic carbocycles. The van der Waals surface area contributed by atoms with E-state index < -0.39 is 28.3 Å². The molecular formula is C29H39N3O7S. The lowest BCUT2D eigenvalue weighted by molar-refractivity contribution is -0.146. The average Bonchev–Trinajstić information content (AvgIpc) is 3.37. The minimum atomic E-state index is -3.92. The zero-order valence-corrected chi connectivity index (χ0v) is 23.7. The van der Waals surface area contributed by atoms with Crippen molar-refractivity contribution in [1.29, 1.82) is 0 Å². The predicted octanol–water partition coefficient (Wildman–Crippen LogP) is 1.77. The van der Waals surface area contributed by atoms with Crippen molar-refractivity contribution in [2.75, 3.05) is 40.0 Å². The number of carbonyl (C=O) groups excluding carboxylic acids is 1. The van der Waals surface area contributed by atoms with E-state index in [0.29, 0.717) is 18.6 Å². The third-order valence-electron chi connectivity index (χ3n) is 7.90. The summed E-state index contributed by atoms with van der Waals surface area (Å²) >= 11 is 0. The van der Waals surface area contributed by atoms with Gasteiger partial charge in [-0.3, -0.25) is 9.69 Å². The highest BCUT2D eigenvalue weighted by Crippen LogP contribution is 2.32. The molecule has 0 aliphatic carbocycles. The molecule has 5 atom stereocenters. The number of likely N-dealkylation sites (tertiary alicyclic amines) is 1. The van der Waals surface area contributed by atoms with E-state index in [1.807, 2.05) is 18.2 Å². The lowest BCUT2D eigenvalue weighted by Crippen LogP contribution is -2.57. The summed E-state index contributed by atoms with van der Waals surface area (Å²) in [5, 5.41) is 13.6. The lowest BCUT2D eigenvalue weighted by atomic mass is 9.96. The number of nitrogens with zero attached hydrogens (tertiary/aromatic N) is 2. The maximum Gasteiger partial charge on any atom is 0.243 e. The van der Waals surface area contributed by atoms with Gasteiger partial charge in [-0.2, -0.15) is 4.31 Å². The van der Waals surface area contributed by atoms with Gasteiger partial charge in [-0.1, -0.05) is 30.3 Å². The first-order valence-electron chi connectivity index (χ1n) is 13.9. The minimum absolute atomic E-state index is 0.00747. The first-order valence-corrected chi connectivity index (χ1v) is 15.4. The normalized spacial score (nSPS) is 28.3. The van der Waals surface area contributed by atoms with Crippen molar-refractivity contribution in [3.8, 4) is 5.75 Å². The standard InChI is InChI=1S/C29H39N3O7S/c1-37-24-7-10-26(11-8-24)40(35,36)32-18-23(33)19-38-20-28-27(32)12-9-25(39-28)15-29(34)30-22-13-14-31(17-22)16-21-5-3-2-4-6-21/h2-8,10-11,22-23,25,27-28,33H,9,12-20H2,1H3,(H,30,34)/t22-,23-,25-,27-,28+/m0/s1. The zero-order valence-electron chi connectivity index (χ0n) is 22.9. The Kier molecular flexibility index (Phi) is 9.39. The number of sulfonamides is 1. The van der Waals surface area contributed by atoms with Crippen LogP contribution in [0, 0.1) is 0 Å². The summed E-state index contributed by atoms with van der Waals surface area (Å²) in [6.07, 6.45) is 0.328. The van der Waals surface area contributed by atoms with Gasteiger partial charge in [-0.15, -0.1) is 0 Å². The van der Waals surface area contributed by atoms with Crippen molar-refractivity contribution < 1.29 is 32.5 Å². The number of aliphatic hydroxyl groups excluding tert-OH is 1. The number of hydrogen-bond donors (Lipinski definition) is 2. The number of rotatable bonds is 8. The van der Waals surface area contributed by atoms with Crippen LogP contribution < -0.4 is 10.1 Å². The van der Waals surface area contributed by atoms with Gasteiger partial charge < -0.3 is 24.6 Å². The molecule has 3 aliphatic rings. The molecule has 0 radical (unpaired) electrons. The van der Waals surface area contributed by atoms with Gasteiger partial charge in [0.2, 0.25) is 15.9 Å². The highest BCUT2D eigenvalue weighted by molar-refractivity contribution is 7.89. The molecular weight excluding hydrogens is 534 g/mol. The van der Waals surface area contributed by atoms with Crippen molar-refractivity contribution in [2.45, 2.75) is 67.5 Å². The van der Waals surface area contributed by atoms with Crippen LogP contribution in [-0.2, 0) is 30.8 Å². The number of benzene rings is 2. The van der Waals surface area contributed by atoms with Crippen molar-refractivity contribution in [3.05, 3.63) is 60.2 Å². The number of ether oxygens (including phenoxy) is 3. The quantitative estimate of drug-likeness (QED) is 0.491. The second-order valence-electron chi connectivity index (χ2n) is 10.9. The molecule has 0 unspecified atom stereocenters. The molecule has 11 heteroatoms. The van der Waals surface area contributed by atoms with Gasteiger partial charge in [0.05, 0.1) is 56.0 Å². The molecule has 5 rings (SSSR count). The van der Waals surface area contributed by atoms with E-state index >= 15 is 0 Å². The van der Waals surface area contributed by atoms with Crippen molar-refractivity contribution in [1.82, 2.24) is 14.5 Å². The molecule has 0 spiro atoms. The Balaban J connectivity index is 1.18. The van der Waals surface area contributed by atoms with E-state index in [1.54, 1.807) is 12.1 Å². The Morgan fingerprint density at radius 1 is 1.05 bits per heavy atom. The number of β-amino-alcohol motifs (C(OH)–C–C–N with tert-alkyl or cyclic N) is 1. The molecule has 0 bridgehead atoms. The summed E-state index contributed by atoms with van der Waals surface area (Å²) < 4.78 is 45.8. The Morgan fingerprint density at radius 2 is 1.82 bits per heavy atom. The Hall–Kier alpha value is -2.54. The SMILES string of the molecule is COc1ccc(S(=O)(=O)N2C[C@H](O)COC[C@H]3O[C@H](CC(=O)N[C@H]4CCN(Cc5ccccc5)C4)CC[C@@H]32)cc1. The zero-order chi connectivity index (χ0) is 28.1. The minimum Gasteiger partial charge on any atom is -0.497 e. The smallest absolute Gasteiger partial charge is 0.243 e. The van der Waals surface area contributed by atoms with E-state index in [1.165, 1.54) is 29.1 Å². The maximum atomic E-state index is 13.7. The number of carbonyl (C=O) groups is 1. The molecule has 3 aliphatic heterocycles. The van der Waals surface area contributed by atoms with Crippen LogP contribution in [-0.4, -0.2) is 99.0 Å². The van der Waals surface area contributed by atoms with Crippen LogP contribution in [0.1, 0.15) is 31.2 Å². The third kappa shape index (κ3) is 7.02. The van der Waals surface area contributed by atoms with Crippen molar-refractivity contribution in [2.24, 2.45) is 0 Å². The first-order chi connectivity index (χ1) is 19.3. The second-order valence-corrected chi connectivity index (χ2v) is 12.8. The van der Waals surface area contributed by atoms with Gasteiger partial charge in [-0.25, -0.2) is 8.42 Å². The summed E-state index contributed by atoms with van der Waals surface area (Å²) in [4.78, 5) is 15.4. The van der Waals surface area contributed by atoms with Crippen LogP contribution in [0.2, 0.25) is 0 Å². The maximum absolute atomic E-state index is 13.7. The number of nitrogens with one attached hydrogen (secondary N) is 1. The molecule has 0 aromatic heterocycles. The van der Waals surface area contributed by atoms with Crippen molar-refractivity contribution >= 4 is 15.9 Å². The van der Waals surface area contributed by atoms with Crippen molar-refractivity contribution in [3.63, 3.8) is 0 Å². The monoisotopic (exact) mass is 573 g/mol. The van der Waals surface area contributed by atoms with Crippen LogP contribution in [0.25, 0.3) is 0 Å². The van der Waals surface area contributed by atoms with Gasteiger partial charge in [0.15, 0.2) is 0 Å². The van der Waals surface area contributed by atoms with E-state index in [9.17, 15) is 18.3 Å². The Labute approximate surface area is 236 Å². The van der Waals surface area contributed by atoms with Crippen LogP contribution >= 0.6 is 0 Å². The number of aliphatic hydroxyl groups is 1. The highest BCUT2D eigenvalue weighted by Gasteiger charge is 2.43. The molecule has 3 fully saturated rings. The number of amides is 1. The predicted molar refractivity (Wildman–Crippen MR) is 148 cm³/mol. The number of fused-ring (bicyclic) bond motifs is 1. The summed E-state index contributed by atoms with van der Waals surface area (Å²) in [6.45, 7) is 2.67. The van der Waals surface area contributed by atoms with E-state index in [2.05, 4.69) is 22.3 Å². The largest absolute Gasteiger partial charge is 0.497 e. The lowest BCUT2D eigenvalue weighted by Gasteiger charge is -2.43. The molecule has 3 heterocycles. The average molecular weight is 574 g/mol. The van der Waals surface area contributed by atoms with E-state index in [4.69, 9.17) is 14.2 Å². The van der Waals surface area contributed by atoms with Gasteiger partial charge in [-0.05, 0) is 49.1 Å². The number of hydrogen-bond acceptors (Lipinski definition) is 8. The molecule has 0 saturated carbocycles. The molecule has 2 N–H and O–H groups in total. The molecule has 40 heavy (non-hydrogen) atoms. The highest BCUT2D eigenvalue weighted by atomic mass is 32.2. The third-order valence-corrected chi connectivity index (χ3v) is 9.80. The molecule has 1 amide bonds. The Morgan fingerprint density at radius 3 is 2.58 bits per heavy atom. The number of methoxy groups -OCH3 is 1. The molecule has 3 saturated heterocycles. The summed E-state index contributed by atoms with van der Waals surface area (Å²) in [5.41, 5.74) is 1.26. The fraction of sp³-hybridized carbons (Fsp3) is 0.552. The molecule has 10 nitrogen and oxygen atoms in total. The second kappa shape index (κ2) is 13.0. The topological polar surface area (TPSA) is 118 Å². The Bertz CT molecular complexity index is 1230. The first kappa shape index (κ1) is 29.0. The van der Waals surface area contributed by atoms with Crippen LogP contribution in [0.5, 0.6) is 5.75 Å². The van der Waals surface area contributed by atoms with Gasteiger partial charge in [0.1, 0.15) is 5.75 Å².